The quantitative estimate of drug-likeness (QED) is 0.0868. The molecule has 49 heavy (non-hydrogen) atoms. The van der Waals surface area contributed by atoms with Crippen LogP contribution in [0.4, 0.5) is 13.2 Å². The summed E-state index contributed by atoms with van der Waals surface area (Å²) in [6.07, 6.45) is -6.16. The van der Waals surface area contributed by atoms with Crippen LogP contribution in [0, 0.1) is 29.1 Å². The van der Waals surface area contributed by atoms with Gasteiger partial charge >= 0.3 is 6.18 Å². The maximum absolute atomic E-state index is 14.4. The average molecular weight is 723 g/mol. The van der Waals surface area contributed by atoms with Crippen LogP contribution in [-0.4, -0.2) is 111 Å². The van der Waals surface area contributed by atoms with Gasteiger partial charge in [-0.2, -0.15) is 13.2 Å². The van der Waals surface area contributed by atoms with Crippen LogP contribution in [0.5, 0.6) is 0 Å². The molecule has 0 aromatic carbocycles. The monoisotopic (exact) mass is 722 g/mol. The van der Waals surface area contributed by atoms with Crippen molar-refractivity contribution in [1.29, 1.82) is 0 Å². The molecule has 0 aromatic rings. The van der Waals surface area contributed by atoms with Gasteiger partial charge in [-0.15, -0.1) is 6.58 Å². The zero-order valence-corrected chi connectivity index (χ0v) is 30.9. The van der Waals surface area contributed by atoms with Crippen molar-refractivity contribution in [3.8, 4) is 0 Å². The highest BCUT2D eigenvalue weighted by Crippen LogP contribution is 2.37. The van der Waals surface area contributed by atoms with Crippen molar-refractivity contribution in [2.75, 3.05) is 31.9 Å². The normalized spacial score (nSPS) is 24.5. The highest BCUT2D eigenvalue weighted by molar-refractivity contribution is 7.82. The summed E-state index contributed by atoms with van der Waals surface area (Å²) in [5.41, 5.74) is -0.780. The number of carbonyl (C=O) groups excluding carboxylic acids is 4. The minimum Gasteiger partial charge on any atom is -0.365 e. The van der Waals surface area contributed by atoms with Gasteiger partial charge in [-0.3, -0.25) is 29.8 Å². The van der Waals surface area contributed by atoms with Gasteiger partial charge in [0.2, 0.25) is 17.6 Å². The maximum Gasteiger partial charge on any atom is 0.389 e. The molecule has 3 amide bonds. The molecular weight excluding hydrogens is 665 g/mol. The minimum absolute atomic E-state index is 0.0201. The molecule has 4 unspecified atom stereocenters. The lowest BCUT2D eigenvalue weighted by molar-refractivity contribution is -0.148. The molecule has 0 aliphatic carbocycles. The number of carbonyl (C=O) groups is 4. The molecule has 0 saturated carbocycles. The number of halogens is 3. The number of ketones is 1. The summed E-state index contributed by atoms with van der Waals surface area (Å²) >= 11 is 0. The topological polar surface area (TPSA) is 160 Å². The van der Waals surface area contributed by atoms with E-state index in [1.165, 1.54) is 11.0 Å². The minimum atomic E-state index is -4.65. The lowest BCUT2D eigenvalue weighted by Gasteiger charge is -2.38. The van der Waals surface area contributed by atoms with E-state index in [9.17, 15) is 41.7 Å². The molecule has 0 bridgehead atoms. The van der Waals surface area contributed by atoms with E-state index in [1.54, 1.807) is 27.7 Å². The van der Waals surface area contributed by atoms with E-state index in [1.807, 2.05) is 32.0 Å². The van der Waals surface area contributed by atoms with E-state index >= 15 is 0 Å². The molecule has 0 spiro atoms. The van der Waals surface area contributed by atoms with Crippen molar-refractivity contribution in [2.45, 2.75) is 111 Å². The fraction of sp³-hybridized carbons (Fsp3) is 0.818. The van der Waals surface area contributed by atoms with Crippen LogP contribution in [-0.2, 0) is 30.2 Å². The molecule has 8 atom stereocenters. The molecular formula is C33H57F3N6O6S. The first kappa shape index (κ1) is 42.8. The van der Waals surface area contributed by atoms with E-state index in [0.717, 1.165) is 6.42 Å². The number of hydrogen-bond acceptors (Lipinski definition) is 8. The van der Waals surface area contributed by atoms with Crippen molar-refractivity contribution in [3.05, 3.63) is 12.7 Å². The Bertz CT molecular complexity index is 1200. The van der Waals surface area contributed by atoms with E-state index in [2.05, 4.69) is 27.8 Å². The van der Waals surface area contributed by atoms with Gasteiger partial charge in [0.05, 0.1) is 23.1 Å². The van der Waals surface area contributed by atoms with Crippen molar-refractivity contribution in [1.82, 2.24) is 30.5 Å². The first-order valence-electron chi connectivity index (χ1n) is 17.0. The fourth-order valence-electron chi connectivity index (χ4n) is 6.41. The predicted molar refractivity (Wildman–Crippen MR) is 182 cm³/mol. The molecule has 2 fully saturated rings. The van der Waals surface area contributed by atoms with Gasteiger partial charge in [0.1, 0.15) is 6.04 Å². The van der Waals surface area contributed by atoms with Gasteiger partial charge < -0.3 is 20.6 Å². The van der Waals surface area contributed by atoms with E-state index < -0.39 is 89.3 Å². The van der Waals surface area contributed by atoms with Crippen LogP contribution in [0.1, 0.15) is 74.7 Å². The van der Waals surface area contributed by atoms with Gasteiger partial charge in [-0.25, -0.2) is 8.51 Å². The number of aliphatic hydroxyl groups is 1. The molecule has 0 aromatic heterocycles. The van der Waals surface area contributed by atoms with E-state index in [4.69, 9.17) is 0 Å². The molecule has 16 heteroatoms. The van der Waals surface area contributed by atoms with E-state index in [-0.39, 0.29) is 36.9 Å². The van der Waals surface area contributed by atoms with Gasteiger partial charge in [-0.05, 0) is 41.9 Å². The van der Waals surface area contributed by atoms with Crippen molar-refractivity contribution in [2.24, 2.45) is 29.1 Å². The summed E-state index contributed by atoms with van der Waals surface area (Å²) in [5.74, 6) is -3.71. The highest BCUT2D eigenvalue weighted by Gasteiger charge is 2.50. The standard InChI is InChI=1S/C33H57F3N6O6S/c1-10-14-37-29(45)26(43)23(12-13-33(34,35)36)38-28(44)25-21(6)22(19(2)3)17-42(25)30(46)27(32(7,8)9)40-31(47)39-24(20(4)5)18-41-15-11-16-49(41)48/h10,19-25,27,31,39-40,47H,1,11-18H2,2-9H3,(H,37,45)(H,38,44)/t21-,22+,23?,24?,25-,27+,31?,49?/m0/s1. The second-order valence-corrected chi connectivity index (χ2v) is 16.5. The largest absolute Gasteiger partial charge is 0.389 e. The fourth-order valence-corrected chi connectivity index (χ4v) is 7.70. The zero-order valence-electron chi connectivity index (χ0n) is 30.1. The smallest absolute Gasteiger partial charge is 0.365 e. The molecule has 2 aliphatic rings. The average Bonchev–Trinajstić information content (AvgIpc) is 3.56. The number of rotatable bonds is 17. The Labute approximate surface area is 291 Å². The van der Waals surface area contributed by atoms with Crippen LogP contribution in [0.15, 0.2) is 12.7 Å². The molecule has 12 nitrogen and oxygen atoms in total. The molecule has 5 N–H and O–H groups in total. The number of nitrogens with one attached hydrogen (secondary N) is 4. The van der Waals surface area contributed by atoms with Crippen LogP contribution >= 0.6 is 0 Å². The zero-order chi connectivity index (χ0) is 37.4. The number of Topliss-reactive ketones (excluding diaryl/α,β-unsaturated/α-hetero) is 1. The number of hydrogen-bond donors (Lipinski definition) is 5. The summed E-state index contributed by atoms with van der Waals surface area (Å²) < 4.78 is 53.8. The molecule has 0 radical (unpaired) electrons. The molecule has 2 aliphatic heterocycles. The summed E-state index contributed by atoms with van der Waals surface area (Å²) in [5, 5.41) is 21.9. The summed E-state index contributed by atoms with van der Waals surface area (Å²) in [6, 6.07) is -4.24. The van der Waals surface area contributed by atoms with Crippen LogP contribution < -0.4 is 21.3 Å². The van der Waals surface area contributed by atoms with Crippen molar-refractivity contribution in [3.63, 3.8) is 0 Å². The number of nitrogens with zero attached hydrogens (tertiary/aromatic N) is 2. The van der Waals surface area contributed by atoms with E-state index in [0.29, 0.717) is 18.8 Å². The highest BCUT2D eigenvalue weighted by atomic mass is 32.2. The Morgan fingerprint density at radius 3 is 2.20 bits per heavy atom. The summed E-state index contributed by atoms with van der Waals surface area (Å²) in [6.45, 7) is 19.6. The van der Waals surface area contributed by atoms with Crippen LogP contribution in [0.2, 0.25) is 0 Å². The SMILES string of the molecule is C=CCNC(=O)C(=O)C(CCC(F)(F)F)NC(=O)[C@@H]1[C@@H](C)[C@@H](C(C)C)CN1C(=O)[C@@H](NC(O)NC(CN1CCCS1=O)C(C)C)C(C)(C)C. The van der Waals surface area contributed by atoms with Crippen LogP contribution in [0.3, 0.4) is 0 Å². The number of amides is 3. The lowest BCUT2D eigenvalue weighted by atomic mass is 9.83. The molecule has 282 valence electrons. The van der Waals surface area contributed by atoms with Crippen molar-refractivity contribution >= 4 is 34.5 Å². The maximum atomic E-state index is 14.4. The summed E-state index contributed by atoms with van der Waals surface area (Å²) in [4.78, 5) is 55.1. The van der Waals surface area contributed by atoms with Crippen LogP contribution in [0.25, 0.3) is 0 Å². The van der Waals surface area contributed by atoms with Gasteiger partial charge in [0, 0.05) is 44.4 Å². The number of likely N-dealkylation sites (tertiary alicyclic amines) is 1. The molecule has 2 rings (SSSR count). The Kier molecular flexibility index (Phi) is 15.9. The molecule has 2 saturated heterocycles. The Hall–Kier alpha value is -2.40. The number of alkyl halides is 3. The third-order valence-corrected chi connectivity index (χ3v) is 10.9. The summed E-state index contributed by atoms with van der Waals surface area (Å²) in [7, 11) is -1.09. The second-order valence-electron chi connectivity index (χ2n) is 14.9. The third-order valence-electron chi connectivity index (χ3n) is 9.33. The Morgan fingerprint density at radius 2 is 1.71 bits per heavy atom. The van der Waals surface area contributed by atoms with Crippen molar-refractivity contribution < 1.29 is 41.7 Å². The van der Waals surface area contributed by atoms with Gasteiger partial charge in [0.15, 0.2) is 6.35 Å². The lowest BCUT2D eigenvalue weighted by Crippen LogP contribution is -2.63. The second kappa shape index (κ2) is 18.2. The number of aliphatic hydroxyl groups excluding tert-OH is 1. The Morgan fingerprint density at radius 1 is 1.08 bits per heavy atom. The Balaban J connectivity index is 2.37. The molecule has 2 heterocycles. The third kappa shape index (κ3) is 12.4. The first-order chi connectivity index (χ1) is 22.6. The van der Waals surface area contributed by atoms with Gasteiger partial charge in [-0.1, -0.05) is 61.5 Å². The van der Waals surface area contributed by atoms with Gasteiger partial charge in [0.25, 0.3) is 5.91 Å². The first-order valence-corrected chi connectivity index (χ1v) is 18.3. The predicted octanol–water partition coefficient (Wildman–Crippen LogP) is 2.07.